The van der Waals surface area contributed by atoms with Gasteiger partial charge >= 0.3 is 0 Å². The third-order valence-electron chi connectivity index (χ3n) is 6.14. The predicted octanol–water partition coefficient (Wildman–Crippen LogP) is 3.36. The second kappa shape index (κ2) is 9.55. The Balaban J connectivity index is 1.26. The molecule has 0 radical (unpaired) electrons. The lowest BCUT2D eigenvalue weighted by Crippen LogP contribution is -2.36. The maximum absolute atomic E-state index is 9.64. The molecule has 1 aromatic carbocycles. The van der Waals surface area contributed by atoms with E-state index in [4.69, 9.17) is 4.74 Å². The summed E-state index contributed by atoms with van der Waals surface area (Å²) in [5.41, 5.74) is 1.90. The number of hydrogen-bond acceptors (Lipinski definition) is 6. The minimum absolute atomic E-state index is 0.178. The number of aliphatic hydroxyl groups is 1. The summed E-state index contributed by atoms with van der Waals surface area (Å²) in [6, 6.07) is 12.9. The summed E-state index contributed by atoms with van der Waals surface area (Å²) in [4.78, 5) is 4.74. The van der Waals surface area contributed by atoms with Crippen LogP contribution in [0.2, 0.25) is 0 Å². The second-order valence-corrected chi connectivity index (χ2v) is 8.25. The van der Waals surface area contributed by atoms with Crippen molar-refractivity contribution in [3.8, 4) is 17.0 Å². The number of anilines is 1. The Labute approximate surface area is 173 Å². The molecule has 4 rings (SSSR count). The average molecular weight is 397 g/mol. The Bertz CT molecular complexity index is 757. The van der Waals surface area contributed by atoms with Crippen molar-refractivity contribution in [2.75, 3.05) is 37.7 Å². The van der Waals surface area contributed by atoms with E-state index in [9.17, 15) is 5.11 Å². The number of aromatic nitrogens is 2. The summed E-state index contributed by atoms with van der Waals surface area (Å²) >= 11 is 0. The van der Waals surface area contributed by atoms with E-state index in [1.54, 1.807) is 0 Å². The number of aliphatic hydroxyl groups excluding tert-OH is 1. The molecule has 0 bridgehead atoms. The number of piperidine rings is 1. The summed E-state index contributed by atoms with van der Waals surface area (Å²) in [7, 11) is 0. The Morgan fingerprint density at radius 2 is 1.79 bits per heavy atom. The van der Waals surface area contributed by atoms with Crippen molar-refractivity contribution in [2.45, 2.75) is 51.2 Å². The molecule has 3 heterocycles. The highest BCUT2D eigenvalue weighted by Gasteiger charge is 2.19. The lowest BCUT2D eigenvalue weighted by molar-refractivity contribution is 0.145. The minimum atomic E-state index is -0.178. The van der Waals surface area contributed by atoms with Crippen LogP contribution in [0.4, 0.5) is 5.82 Å². The molecular formula is C23H32N4O2. The first kappa shape index (κ1) is 20.1. The number of ether oxygens (including phenoxy) is 1. The summed E-state index contributed by atoms with van der Waals surface area (Å²) in [5, 5.41) is 18.4. The summed E-state index contributed by atoms with van der Waals surface area (Å²) in [6.07, 6.45) is 5.13. The third-order valence-corrected chi connectivity index (χ3v) is 6.14. The fourth-order valence-electron chi connectivity index (χ4n) is 4.25. The molecule has 0 saturated carbocycles. The van der Waals surface area contributed by atoms with Crippen LogP contribution in [0.15, 0.2) is 36.4 Å². The normalized spacial score (nSPS) is 20.9. The average Bonchev–Trinajstić information content (AvgIpc) is 3.17. The van der Waals surface area contributed by atoms with Crippen molar-refractivity contribution in [3.05, 3.63) is 36.4 Å². The van der Waals surface area contributed by atoms with Crippen LogP contribution in [-0.4, -0.2) is 65.1 Å². The van der Waals surface area contributed by atoms with Gasteiger partial charge in [0.1, 0.15) is 5.75 Å². The van der Waals surface area contributed by atoms with Gasteiger partial charge in [-0.25, -0.2) is 0 Å². The highest BCUT2D eigenvalue weighted by atomic mass is 16.5. The molecule has 1 aromatic heterocycles. The summed E-state index contributed by atoms with van der Waals surface area (Å²) in [6.45, 7) is 7.09. The maximum Gasteiger partial charge on any atom is 0.151 e. The molecule has 6 nitrogen and oxygen atoms in total. The van der Waals surface area contributed by atoms with Gasteiger partial charge in [0.15, 0.2) is 5.82 Å². The predicted molar refractivity (Wildman–Crippen MR) is 115 cm³/mol. The fraction of sp³-hybridized carbons (Fsp3) is 0.565. The SMILES string of the molecule is C[C@@H]1CCCN1CCCOc1ccc(-c2ccc(N3CCC(O)CC3)nn2)cc1. The second-order valence-electron chi connectivity index (χ2n) is 8.25. The van der Waals surface area contributed by atoms with Crippen molar-refractivity contribution in [1.29, 1.82) is 0 Å². The van der Waals surface area contributed by atoms with Crippen molar-refractivity contribution < 1.29 is 9.84 Å². The van der Waals surface area contributed by atoms with Gasteiger partial charge < -0.3 is 19.6 Å². The molecule has 2 aliphatic heterocycles. The molecule has 2 fully saturated rings. The largest absolute Gasteiger partial charge is 0.494 e. The Kier molecular flexibility index (Phi) is 6.62. The Morgan fingerprint density at radius 1 is 1.00 bits per heavy atom. The number of benzene rings is 1. The third kappa shape index (κ3) is 5.25. The smallest absolute Gasteiger partial charge is 0.151 e. The van der Waals surface area contributed by atoms with Crippen LogP contribution in [-0.2, 0) is 0 Å². The zero-order chi connectivity index (χ0) is 20.1. The van der Waals surface area contributed by atoms with E-state index in [1.807, 2.05) is 36.4 Å². The van der Waals surface area contributed by atoms with E-state index in [0.29, 0.717) is 0 Å². The van der Waals surface area contributed by atoms with Gasteiger partial charge in [0.25, 0.3) is 0 Å². The monoisotopic (exact) mass is 396 g/mol. The fourth-order valence-corrected chi connectivity index (χ4v) is 4.25. The molecule has 0 aliphatic carbocycles. The van der Waals surface area contributed by atoms with Crippen LogP contribution >= 0.6 is 0 Å². The van der Waals surface area contributed by atoms with Gasteiger partial charge in [-0.15, -0.1) is 10.2 Å². The first-order valence-electron chi connectivity index (χ1n) is 10.9. The molecule has 2 aromatic rings. The molecule has 2 saturated heterocycles. The molecular weight excluding hydrogens is 364 g/mol. The van der Waals surface area contributed by atoms with Crippen LogP contribution in [0.25, 0.3) is 11.3 Å². The molecule has 1 atom stereocenters. The number of nitrogens with zero attached hydrogens (tertiary/aromatic N) is 4. The summed E-state index contributed by atoms with van der Waals surface area (Å²) in [5.74, 6) is 1.78. The standard InChI is InChI=1S/C23H32N4O2/c1-18-4-2-13-26(18)14-3-17-29-21-7-5-19(6-8-21)22-9-10-23(25-24-22)27-15-11-20(28)12-16-27/h5-10,18,20,28H,2-4,11-17H2,1H3/t18-/m1/s1. The Hall–Kier alpha value is -2.18. The van der Waals surface area contributed by atoms with Crippen LogP contribution in [0.5, 0.6) is 5.75 Å². The van der Waals surface area contributed by atoms with E-state index in [0.717, 1.165) is 74.4 Å². The van der Waals surface area contributed by atoms with E-state index < -0.39 is 0 Å². The van der Waals surface area contributed by atoms with E-state index in [1.165, 1.54) is 19.4 Å². The van der Waals surface area contributed by atoms with Gasteiger partial charge in [-0.2, -0.15) is 0 Å². The van der Waals surface area contributed by atoms with Gasteiger partial charge in [-0.3, -0.25) is 0 Å². The highest BCUT2D eigenvalue weighted by Crippen LogP contribution is 2.23. The quantitative estimate of drug-likeness (QED) is 0.724. The first-order chi connectivity index (χ1) is 14.2. The molecule has 29 heavy (non-hydrogen) atoms. The topological polar surface area (TPSA) is 61.7 Å². The van der Waals surface area contributed by atoms with Gasteiger partial charge in [0, 0.05) is 31.2 Å². The molecule has 156 valence electrons. The van der Waals surface area contributed by atoms with Crippen molar-refractivity contribution >= 4 is 5.82 Å². The molecule has 0 unspecified atom stereocenters. The van der Waals surface area contributed by atoms with Gasteiger partial charge in [-0.1, -0.05) is 0 Å². The van der Waals surface area contributed by atoms with E-state index >= 15 is 0 Å². The van der Waals surface area contributed by atoms with Crippen LogP contribution in [0.1, 0.15) is 39.0 Å². The van der Waals surface area contributed by atoms with Crippen LogP contribution < -0.4 is 9.64 Å². The molecule has 1 N–H and O–H groups in total. The van der Waals surface area contributed by atoms with Crippen LogP contribution in [0, 0.1) is 0 Å². The lowest BCUT2D eigenvalue weighted by atomic mass is 10.1. The lowest BCUT2D eigenvalue weighted by Gasteiger charge is -2.30. The van der Waals surface area contributed by atoms with Crippen molar-refractivity contribution in [1.82, 2.24) is 15.1 Å². The van der Waals surface area contributed by atoms with Gasteiger partial charge in [0.05, 0.1) is 18.4 Å². The first-order valence-corrected chi connectivity index (χ1v) is 10.9. The van der Waals surface area contributed by atoms with Gasteiger partial charge in [-0.05, 0) is 82.0 Å². The minimum Gasteiger partial charge on any atom is -0.494 e. The molecule has 6 heteroatoms. The molecule has 0 spiro atoms. The van der Waals surface area contributed by atoms with Crippen molar-refractivity contribution in [2.24, 2.45) is 0 Å². The van der Waals surface area contributed by atoms with Crippen molar-refractivity contribution in [3.63, 3.8) is 0 Å². The number of rotatable bonds is 7. The van der Waals surface area contributed by atoms with Gasteiger partial charge in [0.2, 0.25) is 0 Å². The van der Waals surface area contributed by atoms with E-state index in [2.05, 4.69) is 26.9 Å². The van der Waals surface area contributed by atoms with Crippen LogP contribution in [0.3, 0.4) is 0 Å². The Morgan fingerprint density at radius 3 is 2.45 bits per heavy atom. The zero-order valence-corrected chi connectivity index (χ0v) is 17.3. The number of hydrogen-bond donors (Lipinski definition) is 1. The molecule has 0 amide bonds. The highest BCUT2D eigenvalue weighted by molar-refractivity contribution is 5.60. The maximum atomic E-state index is 9.64. The molecule has 2 aliphatic rings. The zero-order valence-electron chi connectivity index (χ0n) is 17.3. The number of likely N-dealkylation sites (tertiary alicyclic amines) is 1. The summed E-state index contributed by atoms with van der Waals surface area (Å²) < 4.78 is 5.91. The van der Waals surface area contributed by atoms with E-state index in [-0.39, 0.29) is 6.10 Å².